The number of hydrogen-bond donors (Lipinski definition) is 2. The number of carbonyl (C=O) groups is 2. The molecule has 1 saturated heterocycles. The predicted octanol–water partition coefficient (Wildman–Crippen LogP) is 1.42. The van der Waals surface area contributed by atoms with Crippen molar-refractivity contribution in [2.75, 3.05) is 0 Å². The minimum Gasteiger partial charge on any atom is -0.299 e. The third-order valence-corrected chi connectivity index (χ3v) is 3.60. The molecule has 0 aromatic carbocycles. The van der Waals surface area contributed by atoms with Gasteiger partial charge >= 0.3 is 0 Å². The lowest BCUT2D eigenvalue weighted by Gasteiger charge is -2.15. The largest absolute Gasteiger partial charge is 0.299 e. The summed E-state index contributed by atoms with van der Waals surface area (Å²) in [6.45, 7) is 0. The molecule has 1 aromatic rings. The molecule has 1 fully saturated rings. The summed E-state index contributed by atoms with van der Waals surface area (Å²) in [4.78, 5) is 23.8. The Hall–Kier alpha value is -1.05. The monoisotopic (exact) mass is 316 g/mol. The zero-order valence-electron chi connectivity index (χ0n) is 7.74. The van der Waals surface area contributed by atoms with Crippen LogP contribution < -0.4 is 10.6 Å². The number of hydrogen-bond acceptors (Lipinski definition) is 4. The highest BCUT2D eigenvalue weighted by atomic mass is 79.9. The molecule has 0 spiro atoms. The Kier molecular flexibility index (Phi) is 3.17. The van der Waals surface area contributed by atoms with E-state index in [1.165, 1.54) is 17.4 Å². The Balaban J connectivity index is 2.32. The summed E-state index contributed by atoms with van der Waals surface area (Å²) in [5, 5.41) is 4.79. The molecule has 1 aliphatic heterocycles. The summed E-state index contributed by atoms with van der Waals surface area (Å²) >= 11 is 9.42. The van der Waals surface area contributed by atoms with Crippen molar-refractivity contribution in [2.45, 2.75) is 0 Å². The molecule has 0 radical (unpaired) electrons. The van der Waals surface area contributed by atoms with Crippen molar-refractivity contribution >= 4 is 62.5 Å². The van der Waals surface area contributed by atoms with Crippen molar-refractivity contribution in [1.82, 2.24) is 10.6 Å². The molecule has 82 valence electrons. The maximum absolute atomic E-state index is 11.5. The predicted molar refractivity (Wildman–Crippen MR) is 68.9 cm³/mol. The van der Waals surface area contributed by atoms with Crippen LogP contribution in [0.4, 0.5) is 0 Å². The van der Waals surface area contributed by atoms with Crippen LogP contribution in [0, 0.1) is 0 Å². The Morgan fingerprint density at radius 2 is 1.88 bits per heavy atom. The van der Waals surface area contributed by atoms with Crippen molar-refractivity contribution in [2.24, 2.45) is 0 Å². The van der Waals surface area contributed by atoms with Crippen LogP contribution in [0.5, 0.6) is 0 Å². The second-order valence-electron chi connectivity index (χ2n) is 2.94. The topological polar surface area (TPSA) is 58.2 Å². The molecular weight excluding hydrogens is 312 g/mol. The number of amides is 2. The second-order valence-corrected chi connectivity index (χ2v) is 5.84. The van der Waals surface area contributed by atoms with E-state index in [4.69, 9.17) is 0 Å². The fraction of sp³-hybridized carbons (Fsp3) is 0. The number of carbonyl (C=O) groups excluding carboxylic acids is 2. The lowest BCUT2D eigenvalue weighted by Crippen LogP contribution is -2.51. The fourth-order valence-corrected chi connectivity index (χ4v) is 2.71. The van der Waals surface area contributed by atoms with Gasteiger partial charge < -0.3 is 0 Å². The van der Waals surface area contributed by atoms with Gasteiger partial charge in [-0.05, 0) is 46.4 Å². The van der Waals surface area contributed by atoms with Gasteiger partial charge in [0.25, 0.3) is 11.8 Å². The van der Waals surface area contributed by atoms with Crippen LogP contribution in [0.15, 0.2) is 21.5 Å². The van der Waals surface area contributed by atoms with Crippen LogP contribution in [0.1, 0.15) is 4.88 Å². The van der Waals surface area contributed by atoms with Crippen molar-refractivity contribution in [1.29, 1.82) is 0 Å². The summed E-state index contributed by atoms with van der Waals surface area (Å²) < 4.78 is 0.937. The number of rotatable bonds is 1. The molecule has 0 saturated carbocycles. The van der Waals surface area contributed by atoms with Gasteiger partial charge in [0.05, 0.1) is 3.79 Å². The first kappa shape index (κ1) is 11.4. The summed E-state index contributed by atoms with van der Waals surface area (Å²) in [6, 6.07) is 3.66. The molecular formula is C9H5BrN2O2S2. The zero-order chi connectivity index (χ0) is 11.7. The van der Waals surface area contributed by atoms with E-state index in [9.17, 15) is 9.59 Å². The highest BCUT2D eigenvalue weighted by Crippen LogP contribution is 2.24. The van der Waals surface area contributed by atoms with Crippen molar-refractivity contribution in [3.8, 4) is 0 Å². The summed E-state index contributed by atoms with van der Waals surface area (Å²) in [6.07, 6.45) is 1.53. The van der Waals surface area contributed by atoms with Gasteiger partial charge in [0, 0.05) is 4.88 Å². The molecule has 2 amide bonds. The number of thiocarbonyl (C=S) groups is 1. The van der Waals surface area contributed by atoms with Gasteiger partial charge in [-0.25, -0.2) is 0 Å². The van der Waals surface area contributed by atoms with Crippen LogP contribution in [-0.2, 0) is 9.59 Å². The molecule has 1 aliphatic rings. The molecule has 0 unspecified atom stereocenters. The summed E-state index contributed by atoms with van der Waals surface area (Å²) in [5.41, 5.74) is 0.0583. The fourth-order valence-electron chi connectivity index (χ4n) is 1.15. The van der Waals surface area contributed by atoms with Gasteiger partial charge in [0.15, 0.2) is 5.11 Å². The Labute approximate surface area is 109 Å². The van der Waals surface area contributed by atoms with E-state index >= 15 is 0 Å². The average molecular weight is 317 g/mol. The lowest BCUT2D eigenvalue weighted by atomic mass is 10.2. The SMILES string of the molecule is O=C1NC(=S)NC(=O)C1=Cc1ccc(Br)s1. The minimum absolute atomic E-state index is 0.0412. The smallest absolute Gasteiger partial charge is 0.263 e. The molecule has 7 heteroatoms. The van der Waals surface area contributed by atoms with E-state index in [1.54, 1.807) is 0 Å². The Morgan fingerprint density at radius 3 is 2.38 bits per heavy atom. The lowest BCUT2D eigenvalue weighted by molar-refractivity contribution is -0.123. The van der Waals surface area contributed by atoms with E-state index in [2.05, 4.69) is 38.8 Å². The highest BCUT2D eigenvalue weighted by Gasteiger charge is 2.25. The van der Waals surface area contributed by atoms with Crippen LogP contribution in [0.2, 0.25) is 0 Å². The van der Waals surface area contributed by atoms with Gasteiger partial charge in [-0.1, -0.05) is 0 Å². The second kappa shape index (κ2) is 4.44. The summed E-state index contributed by atoms with van der Waals surface area (Å²) in [5.74, 6) is -0.948. The van der Waals surface area contributed by atoms with Gasteiger partial charge in [-0.15, -0.1) is 11.3 Å². The first-order valence-corrected chi connectivity index (χ1v) is 6.22. The molecule has 4 nitrogen and oxygen atoms in total. The molecule has 0 atom stereocenters. The number of halogens is 1. The number of thiophene rings is 1. The van der Waals surface area contributed by atoms with Crippen molar-refractivity contribution < 1.29 is 9.59 Å². The van der Waals surface area contributed by atoms with Gasteiger partial charge in [-0.2, -0.15) is 0 Å². The van der Waals surface area contributed by atoms with E-state index in [0.29, 0.717) is 0 Å². The third kappa shape index (κ3) is 2.37. The molecule has 2 rings (SSSR count). The van der Waals surface area contributed by atoms with Crippen LogP contribution in [0.3, 0.4) is 0 Å². The minimum atomic E-state index is -0.474. The van der Waals surface area contributed by atoms with Crippen molar-refractivity contribution in [3.05, 3.63) is 26.4 Å². The van der Waals surface area contributed by atoms with Crippen LogP contribution >= 0.6 is 39.5 Å². The van der Waals surface area contributed by atoms with Crippen molar-refractivity contribution in [3.63, 3.8) is 0 Å². The van der Waals surface area contributed by atoms with E-state index in [-0.39, 0.29) is 10.7 Å². The first-order valence-electron chi connectivity index (χ1n) is 4.20. The average Bonchev–Trinajstić information content (AvgIpc) is 2.58. The van der Waals surface area contributed by atoms with Crippen LogP contribution in [0.25, 0.3) is 6.08 Å². The normalized spacial score (nSPS) is 15.8. The molecule has 1 aromatic heterocycles. The quantitative estimate of drug-likeness (QED) is 0.468. The molecule has 2 heterocycles. The maximum atomic E-state index is 11.5. The standard InChI is InChI=1S/C9H5BrN2O2S2/c10-6-2-1-4(16-6)3-5-7(13)11-9(15)12-8(5)14/h1-3H,(H2,11,12,13,14,15). The van der Waals surface area contributed by atoms with Crippen LogP contribution in [-0.4, -0.2) is 16.9 Å². The van der Waals surface area contributed by atoms with Gasteiger partial charge in [0.2, 0.25) is 0 Å². The third-order valence-electron chi connectivity index (χ3n) is 1.82. The Morgan fingerprint density at radius 1 is 1.25 bits per heavy atom. The van der Waals surface area contributed by atoms with E-state index < -0.39 is 11.8 Å². The summed E-state index contributed by atoms with van der Waals surface area (Å²) in [7, 11) is 0. The molecule has 0 bridgehead atoms. The Bertz CT molecular complexity index is 499. The van der Waals surface area contributed by atoms with Gasteiger partial charge in [-0.3, -0.25) is 20.2 Å². The molecule has 0 aliphatic carbocycles. The first-order chi connectivity index (χ1) is 7.56. The molecule has 2 N–H and O–H groups in total. The molecule has 16 heavy (non-hydrogen) atoms. The van der Waals surface area contributed by atoms with E-state index in [0.717, 1.165) is 8.66 Å². The maximum Gasteiger partial charge on any atom is 0.263 e. The van der Waals surface area contributed by atoms with Gasteiger partial charge in [0.1, 0.15) is 5.57 Å². The zero-order valence-corrected chi connectivity index (χ0v) is 11.0. The highest BCUT2D eigenvalue weighted by molar-refractivity contribution is 9.11. The van der Waals surface area contributed by atoms with E-state index in [1.807, 2.05) is 12.1 Å². The number of nitrogens with one attached hydrogen (secondary N) is 2.